The minimum absolute atomic E-state index is 0.0567. The number of anilines is 1. The number of hydrogen-bond acceptors (Lipinski definition) is 4. The van der Waals surface area contributed by atoms with Crippen LogP contribution in [0.1, 0.15) is 27.2 Å². The van der Waals surface area contributed by atoms with Crippen LogP contribution in [0.5, 0.6) is 0 Å². The second-order valence-electron chi connectivity index (χ2n) is 6.10. The SMILES string of the molecule is CC(C)Cn1ncc(N2CCC(N)C(C)C2)c(Br)c1=O. The van der Waals surface area contributed by atoms with Crippen molar-refractivity contribution in [3.05, 3.63) is 21.0 Å². The number of nitrogens with zero attached hydrogens (tertiary/aromatic N) is 3. The van der Waals surface area contributed by atoms with Crippen LogP contribution < -0.4 is 16.2 Å². The number of aromatic nitrogens is 2. The molecule has 112 valence electrons. The van der Waals surface area contributed by atoms with E-state index in [9.17, 15) is 4.79 Å². The molecule has 2 N–H and O–H groups in total. The van der Waals surface area contributed by atoms with E-state index in [0.29, 0.717) is 22.9 Å². The zero-order valence-electron chi connectivity index (χ0n) is 12.3. The van der Waals surface area contributed by atoms with Crippen LogP contribution in [0.15, 0.2) is 15.5 Å². The zero-order chi connectivity index (χ0) is 14.9. The van der Waals surface area contributed by atoms with E-state index < -0.39 is 0 Å². The molecule has 0 aromatic carbocycles. The fourth-order valence-electron chi connectivity index (χ4n) is 2.54. The van der Waals surface area contributed by atoms with Gasteiger partial charge in [-0.05, 0) is 34.2 Å². The summed E-state index contributed by atoms with van der Waals surface area (Å²) in [5, 5.41) is 4.30. The van der Waals surface area contributed by atoms with Crippen molar-refractivity contribution in [2.45, 2.75) is 39.8 Å². The molecule has 0 amide bonds. The third-order valence-electron chi connectivity index (χ3n) is 3.82. The van der Waals surface area contributed by atoms with Gasteiger partial charge in [0, 0.05) is 25.7 Å². The van der Waals surface area contributed by atoms with Gasteiger partial charge in [-0.2, -0.15) is 5.10 Å². The largest absolute Gasteiger partial charge is 0.369 e. The molecule has 1 fully saturated rings. The Morgan fingerprint density at radius 2 is 2.25 bits per heavy atom. The minimum Gasteiger partial charge on any atom is -0.369 e. The van der Waals surface area contributed by atoms with Crippen LogP contribution in [0.4, 0.5) is 5.69 Å². The second kappa shape index (κ2) is 6.26. The summed E-state index contributed by atoms with van der Waals surface area (Å²) in [6, 6.07) is 0.249. The summed E-state index contributed by atoms with van der Waals surface area (Å²) in [7, 11) is 0. The molecule has 1 aromatic heterocycles. The van der Waals surface area contributed by atoms with E-state index in [1.807, 2.05) is 0 Å². The molecular formula is C14H23BrN4O. The van der Waals surface area contributed by atoms with Crippen LogP contribution in [0.25, 0.3) is 0 Å². The van der Waals surface area contributed by atoms with Crippen LogP contribution in [0.3, 0.4) is 0 Å². The van der Waals surface area contributed by atoms with Gasteiger partial charge in [0.2, 0.25) is 0 Å². The Balaban J connectivity index is 2.26. The lowest BCUT2D eigenvalue weighted by atomic mass is 9.94. The van der Waals surface area contributed by atoms with E-state index in [2.05, 4.69) is 46.7 Å². The van der Waals surface area contributed by atoms with Gasteiger partial charge in [0.25, 0.3) is 5.56 Å². The predicted molar refractivity (Wildman–Crippen MR) is 85.0 cm³/mol. The molecule has 0 bridgehead atoms. The van der Waals surface area contributed by atoms with Crippen LogP contribution in [0.2, 0.25) is 0 Å². The van der Waals surface area contributed by atoms with Crippen molar-refractivity contribution in [1.29, 1.82) is 0 Å². The number of piperidine rings is 1. The molecule has 2 unspecified atom stereocenters. The van der Waals surface area contributed by atoms with Gasteiger partial charge >= 0.3 is 0 Å². The first-order valence-corrected chi connectivity index (χ1v) is 7.95. The molecule has 2 heterocycles. The average Bonchev–Trinajstić information content (AvgIpc) is 2.38. The zero-order valence-corrected chi connectivity index (χ0v) is 13.9. The summed E-state index contributed by atoms with van der Waals surface area (Å²) in [6.07, 6.45) is 2.74. The molecule has 2 rings (SSSR count). The van der Waals surface area contributed by atoms with Gasteiger partial charge in [-0.25, -0.2) is 4.68 Å². The van der Waals surface area contributed by atoms with E-state index in [0.717, 1.165) is 25.2 Å². The molecule has 2 atom stereocenters. The highest BCUT2D eigenvalue weighted by molar-refractivity contribution is 9.10. The number of hydrogen-bond donors (Lipinski definition) is 1. The Labute approximate surface area is 128 Å². The average molecular weight is 343 g/mol. The summed E-state index contributed by atoms with van der Waals surface area (Å²) in [5.41, 5.74) is 6.87. The molecule has 1 aliphatic rings. The van der Waals surface area contributed by atoms with Crippen molar-refractivity contribution in [2.24, 2.45) is 17.6 Å². The van der Waals surface area contributed by atoms with Gasteiger partial charge in [0.15, 0.2) is 0 Å². The molecule has 0 aliphatic carbocycles. The summed E-state index contributed by atoms with van der Waals surface area (Å²) in [4.78, 5) is 14.5. The molecule has 0 radical (unpaired) electrons. The van der Waals surface area contributed by atoms with E-state index in [1.54, 1.807) is 6.20 Å². The Morgan fingerprint density at radius 1 is 1.55 bits per heavy atom. The first-order chi connectivity index (χ1) is 9.40. The van der Waals surface area contributed by atoms with Gasteiger partial charge in [0.05, 0.1) is 11.9 Å². The van der Waals surface area contributed by atoms with Crippen molar-refractivity contribution < 1.29 is 0 Å². The van der Waals surface area contributed by atoms with Gasteiger partial charge in [-0.3, -0.25) is 4.79 Å². The van der Waals surface area contributed by atoms with Crippen molar-refractivity contribution in [3.8, 4) is 0 Å². The maximum Gasteiger partial charge on any atom is 0.283 e. The third-order valence-corrected chi connectivity index (χ3v) is 4.56. The lowest BCUT2D eigenvalue weighted by molar-refractivity contribution is 0.381. The van der Waals surface area contributed by atoms with Crippen LogP contribution in [0, 0.1) is 11.8 Å². The van der Waals surface area contributed by atoms with Crippen molar-refractivity contribution in [2.75, 3.05) is 18.0 Å². The summed E-state index contributed by atoms with van der Waals surface area (Å²) >= 11 is 3.45. The van der Waals surface area contributed by atoms with Crippen LogP contribution >= 0.6 is 15.9 Å². The van der Waals surface area contributed by atoms with Crippen molar-refractivity contribution in [3.63, 3.8) is 0 Å². The first-order valence-electron chi connectivity index (χ1n) is 7.16. The predicted octanol–water partition coefficient (Wildman–Crippen LogP) is 1.84. The molecule has 0 saturated carbocycles. The van der Waals surface area contributed by atoms with Crippen LogP contribution in [-0.2, 0) is 6.54 Å². The fraction of sp³-hybridized carbons (Fsp3) is 0.714. The molecule has 20 heavy (non-hydrogen) atoms. The van der Waals surface area contributed by atoms with E-state index in [4.69, 9.17) is 5.73 Å². The fourth-order valence-corrected chi connectivity index (χ4v) is 3.09. The molecule has 1 aliphatic heterocycles. The lowest BCUT2D eigenvalue weighted by Gasteiger charge is -2.36. The van der Waals surface area contributed by atoms with Gasteiger partial charge in [0.1, 0.15) is 4.47 Å². The Hall–Kier alpha value is -0.880. The number of halogens is 1. The topological polar surface area (TPSA) is 64.2 Å². The van der Waals surface area contributed by atoms with Crippen LogP contribution in [-0.4, -0.2) is 28.9 Å². The molecule has 6 heteroatoms. The van der Waals surface area contributed by atoms with E-state index >= 15 is 0 Å². The maximum atomic E-state index is 12.3. The van der Waals surface area contributed by atoms with Crippen molar-refractivity contribution >= 4 is 21.6 Å². The standard InChI is InChI=1S/C14H23BrN4O/c1-9(2)7-19-14(20)13(15)12(6-17-19)18-5-4-11(16)10(3)8-18/h6,9-11H,4-5,7-8,16H2,1-3H3. The summed E-state index contributed by atoms with van der Waals surface area (Å²) < 4.78 is 2.13. The first kappa shape index (κ1) is 15.5. The van der Waals surface area contributed by atoms with Crippen molar-refractivity contribution in [1.82, 2.24) is 9.78 Å². The molecular weight excluding hydrogens is 320 g/mol. The lowest BCUT2D eigenvalue weighted by Crippen LogP contribution is -2.46. The van der Waals surface area contributed by atoms with E-state index in [-0.39, 0.29) is 11.6 Å². The highest BCUT2D eigenvalue weighted by Crippen LogP contribution is 2.26. The highest BCUT2D eigenvalue weighted by Gasteiger charge is 2.25. The highest BCUT2D eigenvalue weighted by atomic mass is 79.9. The maximum absolute atomic E-state index is 12.3. The molecule has 5 nitrogen and oxygen atoms in total. The molecule has 1 aromatic rings. The summed E-state index contributed by atoms with van der Waals surface area (Å²) in [5.74, 6) is 0.819. The second-order valence-corrected chi connectivity index (χ2v) is 6.89. The quantitative estimate of drug-likeness (QED) is 0.910. The third kappa shape index (κ3) is 3.23. The Morgan fingerprint density at radius 3 is 2.85 bits per heavy atom. The number of nitrogens with two attached hydrogens (primary N) is 1. The Bertz CT molecular complexity index is 528. The molecule has 0 spiro atoms. The van der Waals surface area contributed by atoms with E-state index in [1.165, 1.54) is 4.68 Å². The normalized spacial score (nSPS) is 23.4. The summed E-state index contributed by atoms with van der Waals surface area (Å²) in [6.45, 7) is 8.68. The van der Waals surface area contributed by atoms with Gasteiger partial charge < -0.3 is 10.6 Å². The molecule has 1 saturated heterocycles. The number of rotatable bonds is 3. The minimum atomic E-state index is -0.0567. The van der Waals surface area contributed by atoms with Gasteiger partial charge in [-0.1, -0.05) is 20.8 Å². The monoisotopic (exact) mass is 342 g/mol. The smallest absolute Gasteiger partial charge is 0.283 e. The Kier molecular flexibility index (Phi) is 4.86. The van der Waals surface area contributed by atoms with Gasteiger partial charge in [-0.15, -0.1) is 0 Å².